The lowest BCUT2D eigenvalue weighted by atomic mass is 9.94. The lowest BCUT2D eigenvalue weighted by Crippen LogP contribution is -2.56. The van der Waals surface area contributed by atoms with Gasteiger partial charge in [0.25, 0.3) is 5.91 Å². The number of anilines is 4. The molecule has 3 aromatic carbocycles. The number of hydrogen-bond acceptors (Lipinski definition) is 6. The second-order valence-electron chi connectivity index (χ2n) is 11.2. The molecule has 1 atom stereocenters. The number of carbonyl (C=O) groups excluding carboxylic acids is 4. The molecule has 12 nitrogen and oxygen atoms in total. The van der Waals surface area contributed by atoms with Crippen molar-refractivity contribution >= 4 is 52.5 Å². The number of urea groups is 1. The fraction of sp³-hybridized carbons (Fsp3) is 0.281. The van der Waals surface area contributed by atoms with Gasteiger partial charge in [0.1, 0.15) is 12.6 Å². The summed E-state index contributed by atoms with van der Waals surface area (Å²) in [7, 11) is 0. The quantitative estimate of drug-likeness (QED) is 0.308. The number of fused-ring (bicyclic) bond motifs is 1. The molecule has 1 heterocycles. The molecule has 0 aliphatic carbocycles. The summed E-state index contributed by atoms with van der Waals surface area (Å²) in [6.07, 6.45) is 0. The lowest BCUT2D eigenvalue weighted by Gasteiger charge is -2.31. The van der Waals surface area contributed by atoms with Crippen molar-refractivity contribution in [2.24, 2.45) is 5.41 Å². The van der Waals surface area contributed by atoms with Crippen LogP contribution in [0.25, 0.3) is 0 Å². The molecule has 0 fully saturated rings. The Morgan fingerprint density at radius 2 is 1.59 bits per heavy atom. The Bertz CT molecular complexity index is 1550. The van der Waals surface area contributed by atoms with Crippen LogP contribution in [0, 0.1) is 5.41 Å². The Morgan fingerprint density at radius 3 is 2.23 bits per heavy atom. The van der Waals surface area contributed by atoms with E-state index in [-0.39, 0.29) is 36.9 Å². The van der Waals surface area contributed by atoms with E-state index in [4.69, 9.17) is 0 Å². The number of para-hydroxylation sites is 3. The minimum absolute atomic E-state index is 0.0132. The Labute approximate surface area is 254 Å². The molecule has 0 spiro atoms. The van der Waals surface area contributed by atoms with Crippen LogP contribution in [0.5, 0.6) is 0 Å². The largest absolute Gasteiger partial charge is 0.478 e. The van der Waals surface area contributed by atoms with Crippen molar-refractivity contribution in [2.45, 2.75) is 26.8 Å². The third-order valence-electron chi connectivity index (χ3n) is 6.94. The summed E-state index contributed by atoms with van der Waals surface area (Å²) < 4.78 is 0. The average Bonchev–Trinajstić information content (AvgIpc) is 3.10. The summed E-state index contributed by atoms with van der Waals surface area (Å²) in [4.78, 5) is 70.1. The average molecular weight is 602 g/mol. The Hall–Kier alpha value is -5.23. The van der Waals surface area contributed by atoms with Crippen LogP contribution in [-0.2, 0) is 14.4 Å². The molecule has 0 saturated heterocycles. The predicted octanol–water partition coefficient (Wildman–Crippen LogP) is 3.33. The van der Waals surface area contributed by atoms with Crippen molar-refractivity contribution in [2.75, 3.05) is 46.3 Å². The van der Waals surface area contributed by atoms with E-state index >= 15 is 0 Å². The zero-order valence-electron chi connectivity index (χ0n) is 24.7. The first-order valence-electron chi connectivity index (χ1n) is 14.0. The number of carboxylic acids is 1. The first kappa shape index (κ1) is 31.7. The summed E-state index contributed by atoms with van der Waals surface area (Å²) >= 11 is 0. The first-order chi connectivity index (χ1) is 20.9. The summed E-state index contributed by atoms with van der Waals surface area (Å²) in [5, 5.41) is 24.1. The number of carboxylic acid groups (broad SMARTS) is 1. The molecule has 5 amide bonds. The molecular formula is C32H35N5O7. The number of aromatic carboxylic acids is 1. The van der Waals surface area contributed by atoms with Gasteiger partial charge in [-0.2, -0.15) is 0 Å². The van der Waals surface area contributed by atoms with Crippen molar-refractivity contribution in [3.05, 3.63) is 84.4 Å². The van der Waals surface area contributed by atoms with Gasteiger partial charge in [-0.15, -0.1) is 0 Å². The SMILES string of the molecule is CC(C)(C)C(=O)N1CC(NC(=O)Nc2cccc(C(=O)O)c2)C(=O)N(CC(=O)N(CCO)c2ccccc2)c2ccccc21. The number of hydrogen-bond donors (Lipinski definition) is 4. The Balaban J connectivity index is 1.71. The molecule has 12 heteroatoms. The van der Waals surface area contributed by atoms with Gasteiger partial charge < -0.3 is 30.6 Å². The standard InChI is InChI=1S/C32H35N5O7/c1-32(2,3)30(43)37-19-24(34-31(44)33-22-11-9-10-21(18-22)29(41)42)28(40)36(25-14-7-8-15-26(25)37)20-27(39)35(16-17-38)23-12-5-4-6-13-23/h4-15,18,24,38H,16-17,19-20H2,1-3H3,(H,41,42)(H2,33,34,44). The van der Waals surface area contributed by atoms with Crippen molar-refractivity contribution < 1.29 is 34.2 Å². The van der Waals surface area contributed by atoms with Gasteiger partial charge >= 0.3 is 12.0 Å². The summed E-state index contributed by atoms with van der Waals surface area (Å²) in [5.41, 5.74) is 0.519. The van der Waals surface area contributed by atoms with Crippen LogP contribution in [0.1, 0.15) is 31.1 Å². The normalized spacial score (nSPS) is 14.7. The highest BCUT2D eigenvalue weighted by Crippen LogP contribution is 2.35. The van der Waals surface area contributed by atoms with Crippen LogP contribution in [0.3, 0.4) is 0 Å². The molecule has 1 unspecified atom stereocenters. The van der Waals surface area contributed by atoms with E-state index in [1.807, 2.05) is 0 Å². The fourth-order valence-electron chi connectivity index (χ4n) is 4.84. The second kappa shape index (κ2) is 13.4. The highest BCUT2D eigenvalue weighted by Gasteiger charge is 2.40. The monoisotopic (exact) mass is 601 g/mol. The van der Waals surface area contributed by atoms with Gasteiger partial charge in [0.05, 0.1) is 30.1 Å². The molecule has 230 valence electrons. The molecule has 4 rings (SSSR count). The highest BCUT2D eigenvalue weighted by atomic mass is 16.4. The van der Waals surface area contributed by atoms with Crippen molar-refractivity contribution in [3.8, 4) is 0 Å². The van der Waals surface area contributed by atoms with Gasteiger partial charge in [-0.25, -0.2) is 9.59 Å². The van der Waals surface area contributed by atoms with Gasteiger partial charge in [-0.05, 0) is 42.5 Å². The minimum Gasteiger partial charge on any atom is -0.478 e. The predicted molar refractivity (Wildman–Crippen MR) is 166 cm³/mol. The molecule has 0 bridgehead atoms. The van der Waals surface area contributed by atoms with E-state index in [2.05, 4.69) is 10.6 Å². The molecular weight excluding hydrogens is 566 g/mol. The van der Waals surface area contributed by atoms with Crippen molar-refractivity contribution in [1.29, 1.82) is 0 Å². The lowest BCUT2D eigenvalue weighted by molar-refractivity contribution is -0.126. The van der Waals surface area contributed by atoms with Gasteiger partial charge in [0.2, 0.25) is 11.8 Å². The van der Waals surface area contributed by atoms with Crippen molar-refractivity contribution in [1.82, 2.24) is 5.32 Å². The number of amides is 5. The van der Waals surface area contributed by atoms with Crippen LogP contribution in [-0.4, -0.2) is 72.2 Å². The summed E-state index contributed by atoms with van der Waals surface area (Å²) in [6, 6.07) is 18.9. The fourth-order valence-corrected chi connectivity index (χ4v) is 4.84. The van der Waals surface area contributed by atoms with Crippen LogP contribution in [0.2, 0.25) is 0 Å². The maximum absolute atomic E-state index is 14.2. The van der Waals surface area contributed by atoms with E-state index in [0.29, 0.717) is 17.1 Å². The molecule has 44 heavy (non-hydrogen) atoms. The molecule has 0 radical (unpaired) electrons. The second-order valence-corrected chi connectivity index (χ2v) is 11.2. The number of rotatable bonds is 8. The van der Waals surface area contributed by atoms with Crippen LogP contribution in [0.15, 0.2) is 78.9 Å². The van der Waals surface area contributed by atoms with Gasteiger partial charge in [0.15, 0.2) is 0 Å². The van der Waals surface area contributed by atoms with E-state index in [0.717, 1.165) is 0 Å². The zero-order valence-corrected chi connectivity index (χ0v) is 24.7. The van der Waals surface area contributed by atoms with E-state index in [1.165, 1.54) is 39.0 Å². The third kappa shape index (κ3) is 7.21. The first-order valence-corrected chi connectivity index (χ1v) is 14.0. The summed E-state index contributed by atoms with van der Waals surface area (Å²) in [6.45, 7) is 4.23. The number of nitrogens with one attached hydrogen (secondary N) is 2. The molecule has 1 aliphatic rings. The molecule has 1 aliphatic heterocycles. The molecule has 4 N–H and O–H groups in total. The van der Waals surface area contributed by atoms with Crippen LogP contribution >= 0.6 is 0 Å². The molecule has 0 aromatic heterocycles. The summed E-state index contributed by atoms with van der Waals surface area (Å²) in [5.74, 6) is -2.61. The topological polar surface area (TPSA) is 160 Å². The number of aliphatic hydroxyl groups excluding tert-OH is 1. The highest BCUT2D eigenvalue weighted by molar-refractivity contribution is 6.12. The van der Waals surface area contributed by atoms with Crippen LogP contribution in [0.4, 0.5) is 27.5 Å². The van der Waals surface area contributed by atoms with E-state index in [9.17, 15) is 34.2 Å². The molecule has 3 aromatic rings. The van der Waals surface area contributed by atoms with Crippen molar-refractivity contribution in [3.63, 3.8) is 0 Å². The Morgan fingerprint density at radius 1 is 0.932 bits per heavy atom. The molecule has 0 saturated carbocycles. The minimum atomic E-state index is -1.29. The van der Waals surface area contributed by atoms with E-state index in [1.54, 1.807) is 75.4 Å². The van der Waals surface area contributed by atoms with Gasteiger partial charge in [-0.1, -0.05) is 57.2 Å². The number of aliphatic hydroxyl groups is 1. The zero-order chi connectivity index (χ0) is 32.0. The van der Waals surface area contributed by atoms with Crippen LogP contribution < -0.4 is 25.3 Å². The third-order valence-corrected chi connectivity index (χ3v) is 6.94. The van der Waals surface area contributed by atoms with Gasteiger partial charge in [0, 0.05) is 23.3 Å². The number of nitrogens with zero attached hydrogens (tertiary/aromatic N) is 3. The Kier molecular flexibility index (Phi) is 9.64. The number of benzene rings is 3. The maximum atomic E-state index is 14.2. The number of carbonyl (C=O) groups is 5. The van der Waals surface area contributed by atoms with Gasteiger partial charge in [-0.3, -0.25) is 19.3 Å². The van der Waals surface area contributed by atoms with E-state index < -0.39 is 41.8 Å². The maximum Gasteiger partial charge on any atom is 0.335 e. The smallest absolute Gasteiger partial charge is 0.335 e.